The number of hydrogen-bond donors (Lipinski definition) is 1. The Morgan fingerprint density at radius 2 is 2.04 bits per heavy atom. The molecule has 0 fully saturated rings. The van der Waals surface area contributed by atoms with Crippen LogP contribution in [0.5, 0.6) is 0 Å². The predicted molar refractivity (Wildman–Crippen MR) is 98.9 cm³/mol. The van der Waals surface area contributed by atoms with Crippen molar-refractivity contribution < 1.29 is 18.0 Å². The SMILES string of the molecule is Cc1ccc(C(=O)Nc2cccc(CSc3nncn3C)c2)nc1C(F)(F)F. The molecule has 3 aromatic rings. The van der Waals surface area contributed by atoms with Crippen molar-refractivity contribution in [2.75, 3.05) is 5.32 Å². The fourth-order valence-corrected chi connectivity index (χ4v) is 3.26. The van der Waals surface area contributed by atoms with Crippen molar-refractivity contribution in [3.8, 4) is 0 Å². The number of pyridine rings is 1. The summed E-state index contributed by atoms with van der Waals surface area (Å²) in [5, 5.41) is 11.1. The van der Waals surface area contributed by atoms with Crippen LogP contribution in [-0.2, 0) is 19.0 Å². The van der Waals surface area contributed by atoms with E-state index in [4.69, 9.17) is 0 Å². The highest BCUT2D eigenvalue weighted by molar-refractivity contribution is 7.98. The lowest BCUT2D eigenvalue weighted by Gasteiger charge is -2.11. The molecule has 0 aliphatic carbocycles. The molecule has 0 atom stereocenters. The molecule has 1 aromatic carbocycles. The first-order valence-electron chi connectivity index (χ1n) is 8.16. The summed E-state index contributed by atoms with van der Waals surface area (Å²) in [7, 11) is 1.84. The number of nitrogens with zero attached hydrogens (tertiary/aromatic N) is 4. The van der Waals surface area contributed by atoms with Gasteiger partial charge in [-0.15, -0.1) is 10.2 Å². The van der Waals surface area contributed by atoms with E-state index in [0.29, 0.717) is 11.4 Å². The van der Waals surface area contributed by atoms with Gasteiger partial charge in [-0.1, -0.05) is 30.0 Å². The van der Waals surface area contributed by atoms with Crippen LogP contribution >= 0.6 is 11.8 Å². The third kappa shape index (κ3) is 4.69. The number of aromatic nitrogens is 4. The fourth-order valence-electron chi connectivity index (χ4n) is 2.43. The second kappa shape index (κ2) is 8.01. The quantitative estimate of drug-likeness (QED) is 0.645. The monoisotopic (exact) mass is 407 g/mol. The van der Waals surface area contributed by atoms with Crippen LogP contribution < -0.4 is 5.32 Å². The molecular formula is C18H16F3N5OS. The van der Waals surface area contributed by atoms with E-state index in [9.17, 15) is 18.0 Å². The number of benzene rings is 1. The molecule has 0 aliphatic rings. The fraction of sp³-hybridized carbons (Fsp3) is 0.222. The minimum absolute atomic E-state index is 0.0353. The van der Waals surface area contributed by atoms with Gasteiger partial charge in [-0.3, -0.25) is 4.79 Å². The number of carbonyl (C=O) groups is 1. The number of amides is 1. The van der Waals surface area contributed by atoms with Crippen LogP contribution in [0.25, 0.3) is 0 Å². The minimum atomic E-state index is -4.61. The second-order valence-corrected chi connectivity index (χ2v) is 6.97. The molecule has 0 aliphatic heterocycles. The Morgan fingerprint density at radius 3 is 2.71 bits per heavy atom. The lowest BCUT2D eigenvalue weighted by molar-refractivity contribution is -0.141. The Labute approximate surface area is 163 Å². The summed E-state index contributed by atoms with van der Waals surface area (Å²) in [6, 6.07) is 9.55. The number of anilines is 1. The van der Waals surface area contributed by atoms with Crippen molar-refractivity contribution in [1.82, 2.24) is 19.7 Å². The normalized spacial score (nSPS) is 11.5. The van der Waals surface area contributed by atoms with Gasteiger partial charge in [0.1, 0.15) is 17.7 Å². The zero-order chi connectivity index (χ0) is 20.3. The summed E-state index contributed by atoms with van der Waals surface area (Å²) >= 11 is 1.48. The van der Waals surface area contributed by atoms with E-state index in [1.807, 2.05) is 13.1 Å². The summed E-state index contributed by atoms with van der Waals surface area (Å²) in [6.45, 7) is 1.30. The molecule has 3 rings (SSSR count). The molecule has 0 saturated carbocycles. The third-order valence-corrected chi connectivity index (χ3v) is 4.93. The molecule has 1 amide bonds. The maximum atomic E-state index is 13.0. The van der Waals surface area contributed by atoms with Gasteiger partial charge in [-0.05, 0) is 36.2 Å². The Bertz CT molecular complexity index is 1000. The van der Waals surface area contributed by atoms with Crippen LogP contribution in [0.15, 0.2) is 47.9 Å². The largest absolute Gasteiger partial charge is 0.433 e. The van der Waals surface area contributed by atoms with Crippen LogP contribution in [0.1, 0.15) is 27.3 Å². The van der Waals surface area contributed by atoms with Gasteiger partial charge >= 0.3 is 6.18 Å². The first-order valence-corrected chi connectivity index (χ1v) is 9.14. The van der Waals surface area contributed by atoms with Crippen molar-refractivity contribution in [2.45, 2.75) is 24.0 Å². The molecule has 0 radical (unpaired) electrons. The molecule has 1 N–H and O–H groups in total. The number of rotatable bonds is 5. The summed E-state index contributed by atoms with van der Waals surface area (Å²) in [5.41, 5.74) is -0.00624. The standard InChI is InChI=1S/C18H16F3N5OS/c1-11-6-7-14(24-15(11)18(19,20)21)16(27)23-13-5-3-4-12(8-13)9-28-17-25-22-10-26(17)2/h3-8,10H,9H2,1-2H3,(H,23,27). The molecule has 0 unspecified atom stereocenters. The molecule has 2 aromatic heterocycles. The smallest absolute Gasteiger partial charge is 0.321 e. The highest BCUT2D eigenvalue weighted by atomic mass is 32.2. The average molecular weight is 407 g/mol. The van der Waals surface area contributed by atoms with Gasteiger partial charge in [0.25, 0.3) is 5.91 Å². The molecule has 0 bridgehead atoms. The molecule has 2 heterocycles. The van der Waals surface area contributed by atoms with E-state index in [1.54, 1.807) is 29.1 Å². The van der Waals surface area contributed by atoms with Gasteiger partial charge in [0.2, 0.25) is 0 Å². The van der Waals surface area contributed by atoms with Gasteiger partial charge in [0.05, 0.1) is 0 Å². The lowest BCUT2D eigenvalue weighted by atomic mass is 10.1. The number of nitrogens with one attached hydrogen (secondary N) is 1. The minimum Gasteiger partial charge on any atom is -0.321 e. The van der Waals surface area contributed by atoms with Crippen molar-refractivity contribution in [2.24, 2.45) is 7.05 Å². The molecule has 10 heteroatoms. The number of alkyl halides is 3. The van der Waals surface area contributed by atoms with E-state index in [0.717, 1.165) is 10.7 Å². The van der Waals surface area contributed by atoms with Crippen LogP contribution in [0, 0.1) is 6.92 Å². The van der Waals surface area contributed by atoms with E-state index in [-0.39, 0.29) is 11.3 Å². The summed E-state index contributed by atoms with van der Waals surface area (Å²) < 4.78 is 40.8. The maximum Gasteiger partial charge on any atom is 0.433 e. The second-order valence-electron chi connectivity index (χ2n) is 6.03. The van der Waals surface area contributed by atoms with Crippen LogP contribution in [0.3, 0.4) is 0 Å². The number of thioether (sulfide) groups is 1. The Hall–Kier alpha value is -2.88. The summed E-state index contributed by atoms with van der Waals surface area (Å²) in [5.74, 6) is -0.111. The molecule has 146 valence electrons. The van der Waals surface area contributed by atoms with E-state index >= 15 is 0 Å². The summed E-state index contributed by atoms with van der Waals surface area (Å²) in [6.07, 6.45) is -3.01. The van der Waals surface area contributed by atoms with Crippen LogP contribution in [-0.4, -0.2) is 25.7 Å². The third-order valence-electron chi connectivity index (χ3n) is 3.82. The number of aryl methyl sites for hydroxylation is 2. The van der Waals surface area contributed by atoms with Gasteiger partial charge in [-0.2, -0.15) is 13.2 Å². The maximum absolute atomic E-state index is 13.0. The topological polar surface area (TPSA) is 72.7 Å². The molecule has 0 spiro atoms. The van der Waals surface area contributed by atoms with Gasteiger partial charge in [0.15, 0.2) is 5.16 Å². The zero-order valence-electron chi connectivity index (χ0n) is 15.0. The van der Waals surface area contributed by atoms with E-state index in [1.165, 1.54) is 30.8 Å². The molecule has 6 nitrogen and oxygen atoms in total. The number of carbonyl (C=O) groups excluding carboxylic acids is 1. The number of halogens is 3. The van der Waals surface area contributed by atoms with E-state index < -0.39 is 17.8 Å². The molecular weight excluding hydrogens is 391 g/mol. The van der Waals surface area contributed by atoms with Crippen LogP contribution in [0.2, 0.25) is 0 Å². The Morgan fingerprint density at radius 1 is 1.25 bits per heavy atom. The lowest BCUT2D eigenvalue weighted by Crippen LogP contribution is -2.18. The zero-order valence-corrected chi connectivity index (χ0v) is 15.8. The first kappa shape index (κ1) is 19.9. The first-order chi connectivity index (χ1) is 13.2. The van der Waals surface area contributed by atoms with Crippen molar-refractivity contribution in [1.29, 1.82) is 0 Å². The molecule has 28 heavy (non-hydrogen) atoms. The van der Waals surface area contributed by atoms with Crippen LogP contribution in [0.4, 0.5) is 18.9 Å². The van der Waals surface area contributed by atoms with Gasteiger partial charge in [-0.25, -0.2) is 4.98 Å². The Balaban J connectivity index is 1.72. The van der Waals surface area contributed by atoms with Crippen molar-refractivity contribution in [3.63, 3.8) is 0 Å². The Kier molecular flexibility index (Phi) is 5.68. The predicted octanol–water partition coefficient (Wildman–Crippen LogP) is 4.08. The molecule has 0 saturated heterocycles. The van der Waals surface area contributed by atoms with E-state index in [2.05, 4.69) is 20.5 Å². The van der Waals surface area contributed by atoms with Gasteiger partial charge < -0.3 is 9.88 Å². The van der Waals surface area contributed by atoms with Gasteiger partial charge in [0, 0.05) is 18.5 Å². The summed E-state index contributed by atoms with van der Waals surface area (Å²) in [4.78, 5) is 15.8. The average Bonchev–Trinajstić information content (AvgIpc) is 3.04. The van der Waals surface area contributed by atoms with Crippen molar-refractivity contribution in [3.05, 3.63) is 65.2 Å². The van der Waals surface area contributed by atoms with Crippen molar-refractivity contribution >= 4 is 23.4 Å². The highest BCUT2D eigenvalue weighted by Crippen LogP contribution is 2.30. The number of hydrogen-bond acceptors (Lipinski definition) is 5. The highest BCUT2D eigenvalue weighted by Gasteiger charge is 2.35.